The van der Waals surface area contributed by atoms with Crippen LogP contribution in [-0.4, -0.2) is 20.9 Å². The van der Waals surface area contributed by atoms with Crippen LogP contribution >= 0.6 is 0 Å². The van der Waals surface area contributed by atoms with E-state index in [1.54, 1.807) is 30.3 Å². The summed E-state index contributed by atoms with van der Waals surface area (Å²) in [6.45, 7) is 3.49. The van der Waals surface area contributed by atoms with Crippen molar-refractivity contribution in [3.8, 4) is 0 Å². The fourth-order valence-electron chi connectivity index (χ4n) is 2.99. The third-order valence-corrected chi connectivity index (χ3v) is 6.41. The summed E-state index contributed by atoms with van der Waals surface area (Å²) in [5, 5.41) is 2.89. The molecule has 0 saturated carbocycles. The van der Waals surface area contributed by atoms with Gasteiger partial charge < -0.3 is 5.32 Å². The summed E-state index contributed by atoms with van der Waals surface area (Å²) in [6, 6.07) is 24.5. The first-order valence-electron chi connectivity index (χ1n) is 9.36. The van der Waals surface area contributed by atoms with Gasteiger partial charge in [0, 0.05) is 0 Å². The zero-order chi connectivity index (χ0) is 20.9. The lowest BCUT2D eigenvalue weighted by Crippen LogP contribution is -2.41. The van der Waals surface area contributed by atoms with Crippen LogP contribution in [0.15, 0.2) is 89.8 Å². The van der Waals surface area contributed by atoms with E-state index in [2.05, 4.69) is 5.32 Å². The SMILES string of the molecule is Cc1ccc(N(CC(=O)NC(C)c2ccccc2)S(=O)(=O)c2ccccc2)cc1. The monoisotopic (exact) mass is 408 g/mol. The highest BCUT2D eigenvalue weighted by Crippen LogP contribution is 2.24. The number of aryl methyl sites for hydroxylation is 1. The van der Waals surface area contributed by atoms with Gasteiger partial charge in [0.1, 0.15) is 6.54 Å². The largest absolute Gasteiger partial charge is 0.348 e. The van der Waals surface area contributed by atoms with Crippen molar-refractivity contribution in [2.45, 2.75) is 24.8 Å². The summed E-state index contributed by atoms with van der Waals surface area (Å²) < 4.78 is 27.7. The van der Waals surface area contributed by atoms with Gasteiger partial charge in [-0.25, -0.2) is 8.42 Å². The van der Waals surface area contributed by atoms with Crippen molar-refractivity contribution in [2.75, 3.05) is 10.8 Å². The van der Waals surface area contributed by atoms with Crippen molar-refractivity contribution in [1.29, 1.82) is 0 Å². The minimum Gasteiger partial charge on any atom is -0.348 e. The molecule has 0 fully saturated rings. The van der Waals surface area contributed by atoms with E-state index in [9.17, 15) is 13.2 Å². The highest BCUT2D eigenvalue weighted by atomic mass is 32.2. The molecule has 0 aliphatic heterocycles. The average molecular weight is 409 g/mol. The standard InChI is InChI=1S/C23H24N2O3S/c1-18-13-15-21(16-14-18)25(29(27,28)22-11-7-4-8-12-22)17-23(26)24-19(2)20-9-5-3-6-10-20/h3-16,19H,17H2,1-2H3,(H,24,26). The van der Waals surface area contributed by atoms with E-state index in [4.69, 9.17) is 0 Å². The van der Waals surface area contributed by atoms with Crippen molar-refractivity contribution in [3.05, 3.63) is 96.1 Å². The predicted octanol–water partition coefficient (Wildman–Crippen LogP) is 4.07. The van der Waals surface area contributed by atoms with Gasteiger partial charge >= 0.3 is 0 Å². The van der Waals surface area contributed by atoms with Gasteiger partial charge in [-0.15, -0.1) is 0 Å². The Morgan fingerprint density at radius 1 is 0.897 bits per heavy atom. The Labute approximate surface area is 172 Å². The number of nitrogens with zero attached hydrogens (tertiary/aromatic N) is 1. The molecule has 3 rings (SSSR count). The van der Waals surface area contributed by atoms with Gasteiger partial charge in [-0.3, -0.25) is 9.10 Å². The molecule has 0 aliphatic carbocycles. The second-order valence-corrected chi connectivity index (χ2v) is 8.72. The van der Waals surface area contributed by atoms with Crippen LogP contribution in [-0.2, 0) is 14.8 Å². The van der Waals surface area contributed by atoms with Gasteiger partial charge in [0.25, 0.3) is 10.0 Å². The predicted molar refractivity (Wildman–Crippen MR) is 115 cm³/mol. The Morgan fingerprint density at radius 2 is 1.45 bits per heavy atom. The van der Waals surface area contributed by atoms with Gasteiger partial charge in [-0.05, 0) is 43.7 Å². The first-order valence-corrected chi connectivity index (χ1v) is 10.8. The van der Waals surface area contributed by atoms with Gasteiger partial charge in [0.05, 0.1) is 16.6 Å². The molecule has 1 N–H and O–H groups in total. The molecular weight excluding hydrogens is 384 g/mol. The summed E-state index contributed by atoms with van der Waals surface area (Å²) >= 11 is 0. The normalized spacial score (nSPS) is 12.2. The molecule has 6 heteroatoms. The zero-order valence-corrected chi connectivity index (χ0v) is 17.3. The number of carbonyl (C=O) groups is 1. The van der Waals surface area contributed by atoms with E-state index in [-0.39, 0.29) is 23.4 Å². The summed E-state index contributed by atoms with van der Waals surface area (Å²) in [7, 11) is -3.89. The summed E-state index contributed by atoms with van der Waals surface area (Å²) in [4.78, 5) is 12.9. The molecule has 0 radical (unpaired) electrons. The third-order valence-electron chi connectivity index (χ3n) is 4.62. The van der Waals surface area contributed by atoms with Crippen LogP contribution in [0.5, 0.6) is 0 Å². The van der Waals surface area contributed by atoms with Crippen molar-refractivity contribution in [2.24, 2.45) is 0 Å². The minimum atomic E-state index is -3.89. The number of nitrogens with one attached hydrogen (secondary N) is 1. The molecule has 3 aromatic carbocycles. The Kier molecular flexibility index (Phi) is 6.34. The van der Waals surface area contributed by atoms with Crippen LogP contribution in [0.4, 0.5) is 5.69 Å². The number of anilines is 1. The minimum absolute atomic E-state index is 0.143. The molecule has 0 bridgehead atoms. The molecule has 0 saturated heterocycles. The van der Waals surface area contributed by atoms with Crippen LogP contribution in [0.3, 0.4) is 0 Å². The smallest absolute Gasteiger partial charge is 0.264 e. The van der Waals surface area contributed by atoms with E-state index in [0.29, 0.717) is 5.69 Å². The lowest BCUT2D eigenvalue weighted by atomic mass is 10.1. The molecule has 0 heterocycles. The zero-order valence-electron chi connectivity index (χ0n) is 16.4. The van der Waals surface area contributed by atoms with E-state index in [1.165, 1.54) is 12.1 Å². The van der Waals surface area contributed by atoms with Crippen molar-refractivity contribution in [1.82, 2.24) is 5.32 Å². The first-order chi connectivity index (χ1) is 13.9. The highest BCUT2D eigenvalue weighted by molar-refractivity contribution is 7.92. The van der Waals surface area contributed by atoms with Crippen molar-refractivity contribution < 1.29 is 13.2 Å². The van der Waals surface area contributed by atoms with Crippen LogP contribution in [0.2, 0.25) is 0 Å². The molecule has 3 aromatic rings. The van der Waals surface area contributed by atoms with Gasteiger partial charge in [0.2, 0.25) is 5.91 Å². The first kappa shape index (κ1) is 20.6. The number of hydrogen-bond acceptors (Lipinski definition) is 3. The maximum absolute atomic E-state index is 13.3. The Bertz CT molecular complexity index is 1050. The van der Waals surface area contributed by atoms with E-state index in [1.807, 2.05) is 56.3 Å². The molecule has 1 atom stereocenters. The number of sulfonamides is 1. The van der Waals surface area contributed by atoms with Crippen molar-refractivity contribution >= 4 is 21.6 Å². The fourth-order valence-corrected chi connectivity index (χ4v) is 4.43. The molecular formula is C23H24N2O3S. The van der Waals surface area contributed by atoms with Gasteiger partial charge in [0.15, 0.2) is 0 Å². The lowest BCUT2D eigenvalue weighted by Gasteiger charge is -2.25. The number of benzene rings is 3. The maximum Gasteiger partial charge on any atom is 0.264 e. The molecule has 5 nitrogen and oxygen atoms in total. The van der Waals surface area contributed by atoms with Gasteiger partial charge in [-0.2, -0.15) is 0 Å². The maximum atomic E-state index is 13.3. The summed E-state index contributed by atoms with van der Waals surface area (Å²) in [5.41, 5.74) is 2.41. The molecule has 0 aromatic heterocycles. The lowest BCUT2D eigenvalue weighted by molar-refractivity contribution is -0.120. The second kappa shape index (κ2) is 8.92. The third kappa shape index (κ3) is 5.03. The molecule has 150 valence electrons. The summed E-state index contributed by atoms with van der Waals surface area (Å²) in [5.74, 6) is -0.374. The quantitative estimate of drug-likeness (QED) is 0.641. The number of hydrogen-bond donors (Lipinski definition) is 1. The Morgan fingerprint density at radius 3 is 2.03 bits per heavy atom. The molecule has 1 amide bonds. The topological polar surface area (TPSA) is 66.5 Å². The molecule has 0 aliphatic rings. The van der Waals surface area contributed by atoms with Crippen LogP contribution < -0.4 is 9.62 Å². The fraction of sp³-hybridized carbons (Fsp3) is 0.174. The Hall–Kier alpha value is -3.12. The molecule has 1 unspecified atom stereocenters. The number of carbonyl (C=O) groups excluding carboxylic acids is 1. The van der Waals surface area contributed by atoms with E-state index < -0.39 is 10.0 Å². The number of rotatable bonds is 7. The van der Waals surface area contributed by atoms with E-state index >= 15 is 0 Å². The molecule has 0 spiro atoms. The van der Waals surface area contributed by atoms with Crippen molar-refractivity contribution in [3.63, 3.8) is 0 Å². The Balaban J connectivity index is 1.87. The van der Waals surface area contributed by atoms with Crippen LogP contribution in [0.25, 0.3) is 0 Å². The molecule has 29 heavy (non-hydrogen) atoms. The van der Waals surface area contributed by atoms with Crippen LogP contribution in [0, 0.1) is 6.92 Å². The second-order valence-electron chi connectivity index (χ2n) is 6.86. The van der Waals surface area contributed by atoms with Crippen LogP contribution in [0.1, 0.15) is 24.1 Å². The average Bonchev–Trinajstić information content (AvgIpc) is 2.74. The van der Waals surface area contributed by atoms with E-state index in [0.717, 1.165) is 15.4 Å². The summed E-state index contributed by atoms with van der Waals surface area (Å²) in [6.07, 6.45) is 0. The van der Waals surface area contributed by atoms with Gasteiger partial charge in [-0.1, -0.05) is 66.2 Å². The number of amides is 1. The highest BCUT2D eigenvalue weighted by Gasteiger charge is 2.27.